The zero-order chi connectivity index (χ0) is 12.8. The molecule has 0 unspecified atom stereocenters. The van der Waals surface area contributed by atoms with E-state index < -0.39 is 0 Å². The third kappa shape index (κ3) is 4.22. The van der Waals surface area contributed by atoms with Gasteiger partial charge in [-0.3, -0.25) is 4.90 Å². The monoisotopic (exact) mass is 248 g/mol. The van der Waals surface area contributed by atoms with Crippen molar-refractivity contribution >= 4 is 5.69 Å². The van der Waals surface area contributed by atoms with Crippen molar-refractivity contribution in [2.45, 2.75) is 26.2 Å². The summed E-state index contributed by atoms with van der Waals surface area (Å²) in [5.74, 6) is 1.75. The molecule has 0 aromatic heterocycles. The fourth-order valence-electron chi connectivity index (χ4n) is 2.17. The first kappa shape index (κ1) is 13.2. The van der Waals surface area contributed by atoms with Crippen LogP contribution in [0.5, 0.6) is 5.75 Å². The second kappa shape index (κ2) is 6.64. The van der Waals surface area contributed by atoms with Gasteiger partial charge in [-0.05, 0) is 43.9 Å². The summed E-state index contributed by atoms with van der Waals surface area (Å²) < 4.78 is 5.75. The first-order valence-electron chi connectivity index (χ1n) is 6.99. The summed E-state index contributed by atoms with van der Waals surface area (Å²) in [6.07, 6.45) is 4.03. The lowest BCUT2D eigenvalue weighted by atomic mass is 10.3. The molecule has 1 aliphatic rings. The molecule has 1 aliphatic carbocycles. The number of rotatable bonds is 8. The maximum atomic E-state index is 5.85. The third-order valence-electron chi connectivity index (χ3n) is 3.34. The number of nitrogen functional groups attached to an aromatic ring is 1. The van der Waals surface area contributed by atoms with Gasteiger partial charge in [-0.1, -0.05) is 19.1 Å². The van der Waals surface area contributed by atoms with Crippen molar-refractivity contribution in [3.63, 3.8) is 0 Å². The van der Waals surface area contributed by atoms with Gasteiger partial charge in [0.05, 0.1) is 5.69 Å². The zero-order valence-corrected chi connectivity index (χ0v) is 11.3. The Kier molecular flexibility index (Phi) is 4.88. The third-order valence-corrected chi connectivity index (χ3v) is 3.34. The Balaban J connectivity index is 1.73. The van der Waals surface area contributed by atoms with Crippen molar-refractivity contribution in [2.75, 3.05) is 32.0 Å². The van der Waals surface area contributed by atoms with Crippen LogP contribution in [0.4, 0.5) is 5.69 Å². The van der Waals surface area contributed by atoms with E-state index in [1.54, 1.807) is 0 Å². The van der Waals surface area contributed by atoms with E-state index in [9.17, 15) is 0 Å². The molecule has 0 amide bonds. The number of hydrogen-bond donors (Lipinski definition) is 1. The molecule has 1 aromatic rings. The van der Waals surface area contributed by atoms with E-state index in [0.717, 1.165) is 30.5 Å². The molecular weight excluding hydrogens is 224 g/mol. The topological polar surface area (TPSA) is 38.5 Å². The number of para-hydroxylation sites is 2. The Labute approximate surface area is 110 Å². The fourth-order valence-corrected chi connectivity index (χ4v) is 2.17. The quantitative estimate of drug-likeness (QED) is 0.719. The smallest absolute Gasteiger partial charge is 0.142 e. The minimum Gasteiger partial charge on any atom is -0.490 e. The SMILES string of the molecule is CCCN(CCOc1ccccc1N)CC1CC1. The summed E-state index contributed by atoms with van der Waals surface area (Å²) in [6, 6.07) is 7.70. The van der Waals surface area contributed by atoms with Gasteiger partial charge in [0.2, 0.25) is 0 Å². The van der Waals surface area contributed by atoms with E-state index >= 15 is 0 Å². The second-order valence-corrected chi connectivity index (χ2v) is 5.13. The van der Waals surface area contributed by atoms with Gasteiger partial charge in [-0.2, -0.15) is 0 Å². The highest BCUT2D eigenvalue weighted by atomic mass is 16.5. The molecule has 18 heavy (non-hydrogen) atoms. The molecule has 2 N–H and O–H groups in total. The average Bonchev–Trinajstić information content (AvgIpc) is 3.16. The van der Waals surface area contributed by atoms with Crippen molar-refractivity contribution in [1.29, 1.82) is 0 Å². The van der Waals surface area contributed by atoms with Crippen molar-refractivity contribution in [1.82, 2.24) is 4.90 Å². The van der Waals surface area contributed by atoms with Gasteiger partial charge in [0.25, 0.3) is 0 Å². The number of ether oxygens (including phenoxy) is 1. The summed E-state index contributed by atoms with van der Waals surface area (Å²) in [6.45, 7) is 6.36. The molecule has 2 rings (SSSR count). The van der Waals surface area contributed by atoms with E-state index in [1.165, 1.54) is 32.4 Å². The van der Waals surface area contributed by atoms with Gasteiger partial charge in [-0.25, -0.2) is 0 Å². The molecule has 0 spiro atoms. The largest absolute Gasteiger partial charge is 0.490 e. The Morgan fingerprint density at radius 2 is 2.06 bits per heavy atom. The van der Waals surface area contributed by atoms with Crippen LogP contribution in [0.3, 0.4) is 0 Å². The van der Waals surface area contributed by atoms with Gasteiger partial charge < -0.3 is 10.5 Å². The van der Waals surface area contributed by atoms with E-state index in [0.29, 0.717) is 0 Å². The minimum absolute atomic E-state index is 0.723. The first-order valence-corrected chi connectivity index (χ1v) is 6.99. The molecule has 0 atom stereocenters. The predicted octanol–water partition coefficient (Wildman–Crippen LogP) is 2.77. The van der Waals surface area contributed by atoms with Crippen LogP contribution in [0.25, 0.3) is 0 Å². The number of nitrogens with two attached hydrogens (primary N) is 1. The number of nitrogens with zero attached hydrogens (tertiary/aromatic N) is 1. The van der Waals surface area contributed by atoms with Crippen LogP contribution in [0, 0.1) is 5.92 Å². The molecule has 3 nitrogen and oxygen atoms in total. The minimum atomic E-state index is 0.723. The number of benzene rings is 1. The highest BCUT2D eigenvalue weighted by molar-refractivity contribution is 5.51. The lowest BCUT2D eigenvalue weighted by Gasteiger charge is -2.21. The Hall–Kier alpha value is -1.22. The van der Waals surface area contributed by atoms with Crippen molar-refractivity contribution in [2.24, 2.45) is 5.92 Å². The highest BCUT2D eigenvalue weighted by Gasteiger charge is 2.23. The van der Waals surface area contributed by atoms with Crippen LogP contribution in [0.1, 0.15) is 26.2 Å². The molecule has 3 heteroatoms. The van der Waals surface area contributed by atoms with Crippen molar-refractivity contribution in [3.8, 4) is 5.75 Å². The number of anilines is 1. The molecule has 0 heterocycles. The van der Waals surface area contributed by atoms with Crippen LogP contribution in [-0.2, 0) is 0 Å². The van der Waals surface area contributed by atoms with Gasteiger partial charge in [0.15, 0.2) is 0 Å². The maximum absolute atomic E-state index is 5.85. The van der Waals surface area contributed by atoms with Crippen LogP contribution in [-0.4, -0.2) is 31.1 Å². The van der Waals surface area contributed by atoms with E-state index in [2.05, 4.69) is 11.8 Å². The first-order chi connectivity index (χ1) is 8.79. The van der Waals surface area contributed by atoms with E-state index in [1.807, 2.05) is 24.3 Å². The van der Waals surface area contributed by atoms with Crippen LogP contribution >= 0.6 is 0 Å². The molecule has 0 radical (unpaired) electrons. The lowest BCUT2D eigenvalue weighted by molar-refractivity contribution is 0.203. The lowest BCUT2D eigenvalue weighted by Crippen LogP contribution is -2.31. The second-order valence-electron chi connectivity index (χ2n) is 5.13. The van der Waals surface area contributed by atoms with Crippen molar-refractivity contribution < 1.29 is 4.74 Å². The molecule has 0 bridgehead atoms. The van der Waals surface area contributed by atoms with Crippen molar-refractivity contribution in [3.05, 3.63) is 24.3 Å². The Morgan fingerprint density at radius 1 is 1.28 bits per heavy atom. The summed E-state index contributed by atoms with van der Waals surface area (Å²) in [5, 5.41) is 0. The highest BCUT2D eigenvalue weighted by Crippen LogP contribution is 2.29. The van der Waals surface area contributed by atoms with Gasteiger partial charge in [0.1, 0.15) is 12.4 Å². The van der Waals surface area contributed by atoms with Gasteiger partial charge in [-0.15, -0.1) is 0 Å². The summed E-state index contributed by atoms with van der Waals surface area (Å²) in [4.78, 5) is 2.51. The van der Waals surface area contributed by atoms with Crippen LogP contribution in [0.15, 0.2) is 24.3 Å². The Bertz CT molecular complexity index is 363. The van der Waals surface area contributed by atoms with E-state index in [4.69, 9.17) is 10.5 Å². The molecule has 100 valence electrons. The predicted molar refractivity (Wildman–Crippen MR) is 75.8 cm³/mol. The summed E-state index contributed by atoms with van der Waals surface area (Å²) in [7, 11) is 0. The van der Waals surface area contributed by atoms with Gasteiger partial charge >= 0.3 is 0 Å². The molecule has 1 saturated carbocycles. The van der Waals surface area contributed by atoms with Crippen LogP contribution in [0.2, 0.25) is 0 Å². The fraction of sp³-hybridized carbons (Fsp3) is 0.600. The Morgan fingerprint density at radius 3 is 2.72 bits per heavy atom. The standard InChI is InChI=1S/C15H24N2O/c1-2-9-17(12-13-7-8-13)10-11-18-15-6-4-3-5-14(15)16/h3-6,13H,2,7-12,16H2,1H3. The average molecular weight is 248 g/mol. The molecule has 0 saturated heterocycles. The molecule has 0 aliphatic heterocycles. The zero-order valence-electron chi connectivity index (χ0n) is 11.3. The molecular formula is C15H24N2O. The maximum Gasteiger partial charge on any atom is 0.142 e. The molecule has 1 fully saturated rings. The van der Waals surface area contributed by atoms with Gasteiger partial charge in [0, 0.05) is 13.1 Å². The number of hydrogen-bond acceptors (Lipinski definition) is 3. The van der Waals surface area contributed by atoms with Crippen LogP contribution < -0.4 is 10.5 Å². The normalized spacial score (nSPS) is 15.0. The molecule has 1 aromatic carbocycles. The summed E-state index contributed by atoms with van der Waals surface area (Å²) in [5.41, 5.74) is 6.57. The van der Waals surface area contributed by atoms with E-state index in [-0.39, 0.29) is 0 Å². The summed E-state index contributed by atoms with van der Waals surface area (Å²) >= 11 is 0.